The highest BCUT2D eigenvalue weighted by molar-refractivity contribution is 4.61. The summed E-state index contributed by atoms with van der Waals surface area (Å²) in [6.07, 6.45) is 6.62. The van der Waals surface area contributed by atoms with Crippen molar-refractivity contribution in [2.24, 2.45) is 0 Å². The van der Waals surface area contributed by atoms with Gasteiger partial charge < -0.3 is 10.6 Å². The molecule has 2 heteroatoms. The van der Waals surface area contributed by atoms with Gasteiger partial charge in [0.1, 0.15) is 0 Å². The van der Waals surface area contributed by atoms with Gasteiger partial charge in [-0.1, -0.05) is 33.1 Å². The molecule has 0 spiro atoms. The Morgan fingerprint density at radius 3 is 2.36 bits per heavy atom. The maximum absolute atomic E-state index is 3.54. The molecule has 0 aromatic carbocycles. The van der Waals surface area contributed by atoms with Crippen LogP contribution in [0, 0.1) is 0 Å². The molecule has 0 heterocycles. The van der Waals surface area contributed by atoms with Crippen LogP contribution in [-0.2, 0) is 0 Å². The summed E-state index contributed by atoms with van der Waals surface area (Å²) in [4.78, 5) is 0. The summed E-state index contributed by atoms with van der Waals surface area (Å²) in [6, 6.07) is 0.685. The van der Waals surface area contributed by atoms with E-state index in [1.54, 1.807) is 0 Å². The Kier molecular flexibility index (Phi) is 10.9. The smallest absolute Gasteiger partial charge is 0.00792 e. The minimum Gasteiger partial charge on any atom is -0.315 e. The second-order valence-electron chi connectivity index (χ2n) is 4.10. The first-order valence-electron chi connectivity index (χ1n) is 6.25. The fraction of sp³-hybridized carbons (Fsp3) is 1.00. The van der Waals surface area contributed by atoms with Crippen LogP contribution in [0.2, 0.25) is 0 Å². The molecule has 0 radical (unpaired) electrons. The van der Waals surface area contributed by atoms with Crippen LogP contribution in [0.4, 0.5) is 0 Å². The molecule has 1 atom stereocenters. The van der Waals surface area contributed by atoms with Crippen molar-refractivity contribution >= 4 is 0 Å². The Morgan fingerprint density at radius 2 is 1.71 bits per heavy atom. The van der Waals surface area contributed by atoms with Crippen LogP contribution in [0.1, 0.15) is 52.9 Å². The van der Waals surface area contributed by atoms with Gasteiger partial charge in [0.2, 0.25) is 0 Å². The lowest BCUT2D eigenvalue weighted by molar-refractivity contribution is 0.480. The number of unbranched alkanes of at least 4 members (excludes halogenated alkanes) is 2. The molecule has 0 aliphatic rings. The molecule has 0 saturated carbocycles. The second kappa shape index (κ2) is 11.0. The van der Waals surface area contributed by atoms with Crippen molar-refractivity contribution in [2.45, 2.75) is 58.9 Å². The van der Waals surface area contributed by atoms with Crippen LogP contribution < -0.4 is 10.6 Å². The number of hydrogen-bond donors (Lipinski definition) is 2. The van der Waals surface area contributed by atoms with Gasteiger partial charge in [-0.25, -0.2) is 0 Å². The molecular formula is C12H28N2. The highest BCUT2D eigenvalue weighted by Gasteiger charge is 1.99. The molecular weight excluding hydrogens is 172 g/mol. The fourth-order valence-corrected chi connectivity index (χ4v) is 1.51. The van der Waals surface area contributed by atoms with E-state index in [2.05, 4.69) is 31.4 Å². The van der Waals surface area contributed by atoms with Crippen molar-refractivity contribution in [3.05, 3.63) is 0 Å². The van der Waals surface area contributed by atoms with E-state index in [1.807, 2.05) is 0 Å². The molecule has 0 rings (SSSR count). The molecule has 86 valence electrons. The molecule has 0 aromatic heterocycles. The summed E-state index contributed by atoms with van der Waals surface area (Å²) in [5.74, 6) is 0. The molecule has 1 unspecified atom stereocenters. The maximum atomic E-state index is 3.54. The quantitative estimate of drug-likeness (QED) is 0.530. The average molecular weight is 200 g/mol. The van der Waals surface area contributed by atoms with Gasteiger partial charge in [-0.3, -0.25) is 0 Å². The zero-order chi connectivity index (χ0) is 10.6. The highest BCUT2D eigenvalue weighted by Crippen LogP contribution is 2.01. The first-order chi connectivity index (χ1) is 6.81. The number of hydrogen-bond acceptors (Lipinski definition) is 2. The summed E-state index contributed by atoms with van der Waals surface area (Å²) < 4.78 is 0. The van der Waals surface area contributed by atoms with Gasteiger partial charge in [0.05, 0.1) is 0 Å². The van der Waals surface area contributed by atoms with Crippen molar-refractivity contribution in [1.82, 2.24) is 10.6 Å². The lowest BCUT2D eigenvalue weighted by Crippen LogP contribution is -2.33. The fourth-order valence-electron chi connectivity index (χ4n) is 1.51. The van der Waals surface area contributed by atoms with Crippen LogP contribution in [0.15, 0.2) is 0 Å². The van der Waals surface area contributed by atoms with Gasteiger partial charge >= 0.3 is 0 Å². The van der Waals surface area contributed by atoms with E-state index in [-0.39, 0.29) is 0 Å². The summed E-state index contributed by atoms with van der Waals surface area (Å²) in [6.45, 7) is 10.1. The minimum atomic E-state index is 0.685. The predicted molar refractivity (Wildman–Crippen MR) is 64.8 cm³/mol. The van der Waals surface area contributed by atoms with E-state index in [0.717, 1.165) is 19.6 Å². The summed E-state index contributed by atoms with van der Waals surface area (Å²) in [5, 5.41) is 6.93. The van der Waals surface area contributed by atoms with Crippen molar-refractivity contribution in [3.63, 3.8) is 0 Å². The maximum Gasteiger partial charge on any atom is 0.00792 e. The van der Waals surface area contributed by atoms with E-state index in [9.17, 15) is 0 Å². The number of nitrogens with one attached hydrogen (secondary N) is 2. The van der Waals surface area contributed by atoms with Crippen LogP contribution in [0.5, 0.6) is 0 Å². The Balaban J connectivity index is 3.06. The first kappa shape index (κ1) is 13.9. The van der Waals surface area contributed by atoms with Crippen molar-refractivity contribution < 1.29 is 0 Å². The summed E-state index contributed by atoms with van der Waals surface area (Å²) >= 11 is 0. The molecule has 0 aliphatic heterocycles. The van der Waals surface area contributed by atoms with Crippen LogP contribution in [-0.4, -0.2) is 25.7 Å². The van der Waals surface area contributed by atoms with Crippen LogP contribution in [0.3, 0.4) is 0 Å². The van der Waals surface area contributed by atoms with Gasteiger partial charge in [-0.05, 0) is 26.3 Å². The number of rotatable bonds is 10. The van der Waals surface area contributed by atoms with Crippen molar-refractivity contribution in [2.75, 3.05) is 19.6 Å². The van der Waals surface area contributed by atoms with Crippen LogP contribution >= 0.6 is 0 Å². The Bertz CT molecular complexity index is 104. The SMILES string of the molecule is CCCCCC(C)NCCNCCC. The highest BCUT2D eigenvalue weighted by atomic mass is 15.0. The van der Waals surface area contributed by atoms with Crippen molar-refractivity contribution in [1.29, 1.82) is 0 Å². The molecule has 0 bridgehead atoms. The second-order valence-corrected chi connectivity index (χ2v) is 4.10. The Labute approximate surface area is 89.9 Å². The molecule has 0 aliphatic carbocycles. The van der Waals surface area contributed by atoms with Gasteiger partial charge in [-0.2, -0.15) is 0 Å². The molecule has 2 N–H and O–H groups in total. The normalized spacial score (nSPS) is 13.1. The van der Waals surface area contributed by atoms with Gasteiger partial charge in [-0.15, -0.1) is 0 Å². The van der Waals surface area contributed by atoms with Crippen molar-refractivity contribution in [3.8, 4) is 0 Å². The molecule has 2 nitrogen and oxygen atoms in total. The van der Waals surface area contributed by atoms with Gasteiger partial charge in [0.25, 0.3) is 0 Å². The molecule has 0 aromatic rings. The third-order valence-corrected chi connectivity index (χ3v) is 2.46. The predicted octanol–water partition coefficient (Wildman–Crippen LogP) is 2.54. The van der Waals surface area contributed by atoms with E-state index in [4.69, 9.17) is 0 Å². The Morgan fingerprint density at radius 1 is 0.929 bits per heavy atom. The third-order valence-electron chi connectivity index (χ3n) is 2.46. The molecule has 0 amide bonds. The van der Waals surface area contributed by atoms with Gasteiger partial charge in [0, 0.05) is 19.1 Å². The standard InChI is InChI=1S/C12H28N2/c1-4-6-7-8-12(3)14-11-10-13-9-5-2/h12-14H,4-11H2,1-3H3. The summed E-state index contributed by atoms with van der Waals surface area (Å²) in [7, 11) is 0. The monoisotopic (exact) mass is 200 g/mol. The topological polar surface area (TPSA) is 24.1 Å². The van der Waals surface area contributed by atoms with E-state index in [1.165, 1.54) is 32.1 Å². The zero-order valence-corrected chi connectivity index (χ0v) is 10.2. The van der Waals surface area contributed by atoms with E-state index < -0.39 is 0 Å². The largest absolute Gasteiger partial charge is 0.315 e. The van der Waals surface area contributed by atoms with E-state index >= 15 is 0 Å². The van der Waals surface area contributed by atoms with Crippen LogP contribution in [0.25, 0.3) is 0 Å². The Hall–Kier alpha value is -0.0800. The third kappa shape index (κ3) is 10.0. The lowest BCUT2D eigenvalue weighted by atomic mass is 10.1. The molecule has 0 saturated heterocycles. The minimum absolute atomic E-state index is 0.685. The van der Waals surface area contributed by atoms with E-state index in [0.29, 0.717) is 6.04 Å². The van der Waals surface area contributed by atoms with Gasteiger partial charge in [0.15, 0.2) is 0 Å². The zero-order valence-electron chi connectivity index (χ0n) is 10.2. The average Bonchev–Trinajstić information content (AvgIpc) is 2.18. The molecule has 0 fully saturated rings. The lowest BCUT2D eigenvalue weighted by Gasteiger charge is -2.13. The first-order valence-corrected chi connectivity index (χ1v) is 6.25. The summed E-state index contributed by atoms with van der Waals surface area (Å²) in [5.41, 5.74) is 0. The molecule has 14 heavy (non-hydrogen) atoms.